The normalized spacial score (nSPS) is 13.2. The second kappa shape index (κ2) is 10.5. The van der Waals surface area contributed by atoms with Crippen molar-refractivity contribution < 1.29 is 34.9 Å². The Balaban J connectivity index is 0.000000247. The fraction of sp³-hybridized carbons (Fsp3) is 0.182. The van der Waals surface area contributed by atoms with Crippen LogP contribution in [0, 0.1) is 0 Å². The second-order valence-electron chi connectivity index (χ2n) is 6.46. The highest BCUT2D eigenvalue weighted by Gasteiger charge is 2.65. The lowest BCUT2D eigenvalue weighted by atomic mass is 10.2. The quantitative estimate of drug-likeness (QED) is 0.246. The third-order valence-electron chi connectivity index (χ3n) is 4.14. The molecule has 10 heteroatoms. The zero-order valence-corrected chi connectivity index (χ0v) is 18.3. The van der Waals surface area contributed by atoms with E-state index >= 15 is 0 Å². The van der Waals surface area contributed by atoms with Gasteiger partial charge in [-0.3, -0.25) is 0 Å². The van der Waals surface area contributed by atoms with Crippen LogP contribution >= 0.6 is 0 Å². The van der Waals surface area contributed by atoms with Gasteiger partial charge in [0.05, 0.1) is 10.9 Å². The van der Waals surface area contributed by atoms with E-state index in [4.69, 9.17) is 0 Å². The molecule has 1 unspecified atom stereocenters. The van der Waals surface area contributed by atoms with Gasteiger partial charge < -0.3 is 4.55 Å². The fourth-order valence-electron chi connectivity index (χ4n) is 2.48. The predicted octanol–water partition coefficient (Wildman–Crippen LogP) is 5.90. The van der Waals surface area contributed by atoms with E-state index in [0.29, 0.717) is 0 Å². The van der Waals surface area contributed by atoms with Gasteiger partial charge >= 0.3 is 11.2 Å². The molecule has 0 fully saturated rings. The summed E-state index contributed by atoms with van der Waals surface area (Å²) >= 11 is 0. The van der Waals surface area contributed by atoms with Crippen LogP contribution in [0.15, 0.2) is 106 Å². The van der Waals surface area contributed by atoms with Crippen LogP contribution in [-0.2, 0) is 21.0 Å². The summed E-state index contributed by atoms with van der Waals surface area (Å²) in [5.41, 5.74) is 0. The van der Waals surface area contributed by atoms with Crippen molar-refractivity contribution in [2.75, 3.05) is 0 Å². The van der Waals surface area contributed by atoms with Crippen LogP contribution in [0.25, 0.3) is 0 Å². The number of alkyl halides is 5. The van der Waals surface area contributed by atoms with Gasteiger partial charge in [0.1, 0.15) is 0 Å². The molecule has 0 aliphatic heterocycles. The van der Waals surface area contributed by atoms with Crippen LogP contribution in [0.4, 0.5) is 22.0 Å². The van der Waals surface area contributed by atoms with Crippen molar-refractivity contribution >= 4 is 21.0 Å². The number of halogens is 5. The van der Waals surface area contributed by atoms with Crippen LogP contribution in [0.5, 0.6) is 0 Å². The minimum atomic E-state index is -6.58. The van der Waals surface area contributed by atoms with Crippen LogP contribution < -0.4 is 0 Å². The topological polar surface area (TPSA) is 57.2 Å². The predicted molar refractivity (Wildman–Crippen MR) is 112 cm³/mol. The fourth-order valence-corrected chi connectivity index (χ4v) is 5.08. The lowest BCUT2D eigenvalue weighted by Gasteiger charge is -2.28. The Morgan fingerprint density at radius 3 is 1.19 bits per heavy atom. The molecule has 0 saturated heterocycles. The molecular formula is C22H19F5O3S2. The molecule has 0 aliphatic carbocycles. The lowest BCUT2D eigenvalue weighted by Crippen LogP contribution is -2.51. The van der Waals surface area contributed by atoms with Gasteiger partial charge in [-0.05, 0) is 43.3 Å². The average Bonchev–Trinajstić information content (AvgIpc) is 2.76. The van der Waals surface area contributed by atoms with E-state index in [2.05, 4.69) is 91.0 Å². The molecule has 172 valence electrons. The molecule has 0 radical (unpaired) electrons. The SMILES string of the molecule is CC(F)C(F)(F)C(F)(F)S(=O)(=O)[O-].c1ccc([S+](c2ccccc2)c2ccccc2)cc1. The molecule has 3 aromatic carbocycles. The lowest BCUT2D eigenvalue weighted by molar-refractivity contribution is -0.193. The molecule has 0 spiro atoms. The van der Waals surface area contributed by atoms with Gasteiger partial charge in [-0.2, -0.15) is 17.6 Å². The Bertz CT molecular complexity index is 984. The van der Waals surface area contributed by atoms with Gasteiger partial charge in [-0.15, -0.1) is 0 Å². The molecular weight excluding hydrogens is 471 g/mol. The molecule has 1 atom stereocenters. The Hall–Kier alpha value is -2.43. The smallest absolute Gasteiger partial charge is 0.399 e. The minimum Gasteiger partial charge on any atom is -0.743 e. The summed E-state index contributed by atoms with van der Waals surface area (Å²) in [6.07, 6.45) is -3.44. The van der Waals surface area contributed by atoms with Crippen molar-refractivity contribution in [3.63, 3.8) is 0 Å². The first kappa shape index (κ1) is 25.8. The minimum absolute atomic E-state index is 0.0146. The largest absolute Gasteiger partial charge is 0.743 e. The highest BCUT2D eigenvalue weighted by atomic mass is 32.2. The maximum atomic E-state index is 12.1. The van der Waals surface area contributed by atoms with E-state index < -0.39 is 27.5 Å². The molecule has 0 heterocycles. The van der Waals surface area contributed by atoms with E-state index in [-0.39, 0.29) is 17.8 Å². The van der Waals surface area contributed by atoms with Crippen molar-refractivity contribution in [3.05, 3.63) is 91.0 Å². The molecule has 32 heavy (non-hydrogen) atoms. The molecule has 0 aromatic heterocycles. The Kier molecular flexibility index (Phi) is 8.44. The second-order valence-corrected chi connectivity index (χ2v) is 9.90. The van der Waals surface area contributed by atoms with Crippen molar-refractivity contribution in [1.29, 1.82) is 0 Å². The molecule has 3 nitrogen and oxygen atoms in total. The van der Waals surface area contributed by atoms with E-state index in [1.807, 2.05) is 0 Å². The summed E-state index contributed by atoms with van der Waals surface area (Å²) in [7, 11) is -6.59. The summed E-state index contributed by atoms with van der Waals surface area (Å²) in [4.78, 5) is 4.08. The number of hydrogen-bond donors (Lipinski definition) is 0. The summed E-state index contributed by atoms with van der Waals surface area (Å²) in [6.45, 7) is 0.0269. The average molecular weight is 491 g/mol. The van der Waals surface area contributed by atoms with Crippen molar-refractivity contribution in [2.45, 2.75) is 39.0 Å². The third-order valence-corrected chi connectivity index (χ3v) is 7.27. The first-order chi connectivity index (χ1) is 14.9. The standard InChI is InChI=1S/C18H15S.C4H5F5O3S/c1-4-10-16(11-5-1)19(17-12-6-2-7-13-17)18-14-8-3-9-15-18;1-2(5)3(6,7)4(8,9)13(10,11)12/h1-15H;2H,1H3,(H,10,11,12)/q+1;/p-1. The van der Waals surface area contributed by atoms with E-state index in [1.54, 1.807) is 0 Å². The number of hydrogen-bond acceptors (Lipinski definition) is 3. The summed E-state index contributed by atoms with van der Waals surface area (Å²) in [6, 6.07) is 32.2. The summed E-state index contributed by atoms with van der Waals surface area (Å²) in [5, 5.41) is -5.94. The number of rotatable bonds is 6. The van der Waals surface area contributed by atoms with Gasteiger partial charge in [-0.1, -0.05) is 54.6 Å². The third kappa shape index (κ3) is 5.87. The highest BCUT2D eigenvalue weighted by Crippen LogP contribution is 2.41. The zero-order valence-electron chi connectivity index (χ0n) is 16.7. The van der Waals surface area contributed by atoms with Crippen molar-refractivity contribution in [1.82, 2.24) is 0 Å². The van der Waals surface area contributed by atoms with E-state index in [9.17, 15) is 34.9 Å². The van der Waals surface area contributed by atoms with Gasteiger partial charge in [0.25, 0.3) is 0 Å². The van der Waals surface area contributed by atoms with Gasteiger partial charge in [-0.25, -0.2) is 12.8 Å². The zero-order chi connectivity index (χ0) is 24.0. The molecule has 0 N–H and O–H groups in total. The van der Waals surface area contributed by atoms with Crippen LogP contribution in [0.2, 0.25) is 0 Å². The highest BCUT2D eigenvalue weighted by molar-refractivity contribution is 7.97. The van der Waals surface area contributed by atoms with Crippen molar-refractivity contribution in [3.8, 4) is 0 Å². The van der Waals surface area contributed by atoms with Crippen LogP contribution in [-0.4, -0.2) is 30.3 Å². The molecule has 0 bridgehead atoms. The van der Waals surface area contributed by atoms with Gasteiger partial charge in [0.15, 0.2) is 31.0 Å². The van der Waals surface area contributed by atoms with Gasteiger partial charge in [0, 0.05) is 0 Å². The molecule has 3 rings (SSSR count). The molecule has 3 aromatic rings. The maximum absolute atomic E-state index is 12.1. The maximum Gasteiger partial charge on any atom is 0.399 e. The molecule has 0 amide bonds. The number of benzene rings is 3. The van der Waals surface area contributed by atoms with E-state index in [0.717, 1.165) is 0 Å². The van der Waals surface area contributed by atoms with Crippen LogP contribution in [0.1, 0.15) is 6.92 Å². The van der Waals surface area contributed by atoms with Crippen molar-refractivity contribution in [2.24, 2.45) is 0 Å². The Morgan fingerprint density at radius 2 is 1.00 bits per heavy atom. The summed E-state index contributed by atoms with van der Waals surface area (Å²) in [5.74, 6) is -5.52. The monoisotopic (exact) mass is 490 g/mol. The Morgan fingerprint density at radius 1 is 0.719 bits per heavy atom. The summed E-state index contributed by atoms with van der Waals surface area (Å²) < 4.78 is 89.2. The van der Waals surface area contributed by atoms with Crippen LogP contribution in [0.3, 0.4) is 0 Å². The first-order valence-corrected chi connectivity index (χ1v) is 11.8. The molecule has 0 aliphatic rings. The Labute approximate surface area is 186 Å². The van der Waals surface area contributed by atoms with E-state index in [1.165, 1.54) is 14.7 Å². The first-order valence-electron chi connectivity index (χ1n) is 9.14. The molecule has 0 saturated carbocycles. The van der Waals surface area contributed by atoms with Gasteiger partial charge in [0.2, 0.25) is 0 Å².